The van der Waals surface area contributed by atoms with Crippen LogP contribution in [0, 0.1) is 0 Å². The number of rotatable bonds is 5. The SMILES string of the molecule is CNCc1cc(S(=O)(=O)N(C)CC(F)(F)F)c(Cl)cc1Cl. The molecule has 0 saturated heterocycles. The van der Waals surface area contributed by atoms with E-state index in [4.69, 9.17) is 23.2 Å². The fraction of sp³-hybridized carbons (Fsp3) is 0.455. The lowest BCUT2D eigenvalue weighted by Gasteiger charge is -2.20. The number of nitrogens with zero attached hydrogens (tertiary/aromatic N) is 1. The Bertz CT molecular complexity index is 621. The minimum absolute atomic E-state index is 0.200. The lowest BCUT2D eigenvalue weighted by atomic mass is 10.2. The first-order valence-corrected chi connectivity index (χ1v) is 7.84. The lowest BCUT2D eigenvalue weighted by molar-refractivity contribution is -0.134. The number of hydrogen-bond donors (Lipinski definition) is 1. The van der Waals surface area contributed by atoms with Crippen LogP contribution in [0.2, 0.25) is 10.0 Å². The third-order valence-corrected chi connectivity index (χ3v) is 5.18. The molecule has 1 N–H and O–H groups in total. The van der Waals surface area contributed by atoms with Crippen molar-refractivity contribution in [3.05, 3.63) is 27.7 Å². The normalized spacial score (nSPS) is 13.0. The van der Waals surface area contributed by atoms with Crippen molar-refractivity contribution in [2.24, 2.45) is 0 Å². The predicted molar refractivity (Wildman–Crippen MR) is 75.1 cm³/mol. The minimum Gasteiger partial charge on any atom is -0.316 e. The van der Waals surface area contributed by atoms with Gasteiger partial charge in [-0.1, -0.05) is 23.2 Å². The number of benzene rings is 1. The van der Waals surface area contributed by atoms with E-state index in [0.29, 0.717) is 5.56 Å². The minimum atomic E-state index is -4.64. The number of halogens is 5. The van der Waals surface area contributed by atoms with E-state index in [-0.39, 0.29) is 20.9 Å². The Morgan fingerprint density at radius 3 is 2.29 bits per heavy atom. The van der Waals surface area contributed by atoms with Crippen LogP contribution in [0.1, 0.15) is 5.56 Å². The van der Waals surface area contributed by atoms with Crippen LogP contribution in [0.25, 0.3) is 0 Å². The van der Waals surface area contributed by atoms with E-state index in [1.807, 2.05) is 0 Å². The Labute approximate surface area is 130 Å². The molecule has 0 amide bonds. The van der Waals surface area contributed by atoms with Gasteiger partial charge in [0.25, 0.3) is 0 Å². The average Bonchev–Trinajstić information content (AvgIpc) is 2.30. The first kappa shape index (κ1) is 18.5. The number of alkyl halides is 3. The van der Waals surface area contributed by atoms with Gasteiger partial charge in [0.1, 0.15) is 11.4 Å². The molecular formula is C11H13Cl2F3N2O2S. The van der Waals surface area contributed by atoms with Crippen molar-refractivity contribution < 1.29 is 21.6 Å². The van der Waals surface area contributed by atoms with E-state index in [9.17, 15) is 21.6 Å². The first-order chi connectivity index (χ1) is 9.49. The van der Waals surface area contributed by atoms with Crippen LogP contribution in [-0.4, -0.2) is 39.5 Å². The highest BCUT2D eigenvalue weighted by Crippen LogP contribution is 2.31. The molecule has 0 aromatic heterocycles. The summed E-state index contributed by atoms with van der Waals surface area (Å²) in [5.74, 6) is 0. The fourth-order valence-corrected chi connectivity index (χ4v) is 3.59. The van der Waals surface area contributed by atoms with Crippen molar-refractivity contribution in [3.8, 4) is 0 Å². The van der Waals surface area contributed by atoms with Gasteiger partial charge in [0, 0.05) is 18.6 Å². The van der Waals surface area contributed by atoms with Crippen LogP contribution < -0.4 is 5.32 Å². The molecule has 120 valence electrons. The van der Waals surface area contributed by atoms with E-state index < -0.39 is 27.6 Å². The highest BCUT2D eigenvalue weighted by Gasteiger charge is 2.35. The molecule has 0 saturated carbocycles. The Hall–Kier alpha value is -0.540. The third kappa shape index (κ3) is 4.72. The molecule has 0 spiro atoms. The van der Waals surface area contributed by atoms with Crippen molar-refractivity contribution in [1.82, 2.24) is 9.62 Å². The number of nitrogens with one attached hydrogen (secondary N) is 1. The molecule has 0 unspecified atom stereocenters. The molecule has 0 bridgehead atoms. The van der Waals surface area contributed by atoms with Crippen LogP contribution in [-0.2, 0) is 16.6 Å². The highest BCUT2D eigenvalue weighted by molar-refractivity contribution is 7.89. The predicted octanol–water partition coefficient (Wildman–Crippen LogP) is 2.90. The summed E-state index contributed by atoms with van der Waals surface area (Å²) in [5, 5.41) is 2.78. The summed E-state index contributed by atoms with van der Waals surface area (Å²) in [7, 11) is -1.91. The van der Waals surface area contributed by atoms with Gasteiger partial charge in [-0.2, -0.15) is 17.5 Å². The Kier molecular flexibility index (Phi) is 5.91. The Morgan fingerprint density at radius 2 is 1.81 bits per heavy atom. The van der Waals surface area contributed by atoms with Crippen molar-refractivity contribution in [3.63, 3.8) is 0 Å². The maximum Gasteiger partial charge on any atom is 0.402 e. The number of hydrogen-bond acceptors (Lipinski definition) is 3. The highest BCUT2D eigenvalue weighted by atomic mass is 35.5. The summed E-state index contributed by atoms with van der Waals surface area (Å²) < 4.78 is 61.6. The van der Waals surface area contributed by atoms with E-state index in [2.05, 4.69) is 5.32 Å². The van der Waals surface area contributed by atoms with Crippen LogP contribution in [0.15, 0.2) is 17.0 Å². The standard InChI is InChI=1S/C11H13Cl2F3N2O2S/c1-17-5-7-3-10(9(13)4-8(7)12)21(19,20)18(2)6-11(14,15)16/h3-4,17H,5-6H2,1-2H3. The maximum atomic E-state index is 12.3. The topological polar surface area (TPSA) is 49.4 Å². The zero-order valence-corrected chi connectivity index (χ0v) is 13.5. The van der Waals surface area contributed by atoms with Gasteiger partial charge in [-0.25, -0.2) is 8.42 Å². The molecule has 0 heterocycles. The van der Waals surface area contributed by atoms with Gasteiger partial charge in [0.15, 0.2) is 0 Å². The van der Waals surface area contributed by atoms with E-state index in [1.54, 1.807) is 7.05 Å². The third-order valence-electron chi connectivity index (χ3n) is 2.56. The molecule has 10 heteroatoms. The van der Waals surface area contributed by atoms with Gasteiger partial charge in [-0.15, -0.1) is 0 Å². The van der Waals surface area contributed by atoms with Gasteiger partial charge >= 0.3 is 6.18 Å². The molecule has 0 aliphatic carbocycles. The maximum absolute atomic E-state index is 12.3. The van der Waals surface area contributed by atoms with Crippen LogP contribution in [0.3, 0.4) is 0 Å². The molecule has 0 aliphatic rings. The second kappa shape index (κ2) is 6.70. The Balaban J connectivity index is 3.28. The molecule has 1 aromatic carbocycles. The molecule has 1 aromatic rings. The summed E-state index contributed by atoms with van der Waals surface area (Å²) in [4.78, 5) is -0.412. The molecule has 4 nitrogen and oxygen atoms in total. The Morgan fingerprint density at radius 1 is 1.24 bits per heavy atom. The van der Waals surface area contributed by atoms with E-state index in [0.717, 1.165) is 7.05 Å². The zero-order chi connectivity index (χ0) is 16.4. The summed E-state index contributed by atoms with van der Waals surface area (Å²) in [6.07, 6.45) is -4.64. The van der Waals surface area contributed by atoms with Crippen molar-refractivity contribution in [1.29, 1.82) is 0 Å². The number of sulfonamides is 1. The van der Waals surface area contributed by atoms with Crippen molar-refractivity contribution in [2.45, 2.75) is 17.6 Å². The van der Waals surface area contributed by atoms with Gasteiger partial charge in [-0.3, -0.25) is 0 Å². The molecule has 0 aliphatic heterocycles. The molecule has 21 heavy (non-hydrogen) atoms. The second-order valence-electron chi connectivity index (χ2n) is 4.28. The largest absolute Gasteiger partial charge is 0.402 e. The zero-order valence-electron chi connectivity index (χ0n) is 11.1. The summed E-state index contributed by atoms with van der Waals surface area (Å²) in [5.41, 5.74) is 0.419. The van der Waals surface area contributed by atoms with E-state index in [1.165, 1.54) is 12.1 Å². The molecule has 0 atom stereocenters. The van der Waals surface area contributed by atoms with Crippen LogP contribution >= 0.6 is 23.2 Å². The fourth-order valence-electron chi connectivity index (χ4n) is 1.60. The quantitative estimate of drug-likeness (QED) is 0.873. The molecule has 1 rings (SSSR count). The summed E-state index contributed by atoms with van der Waals surface area (Å²) in [6, 6.07) is 2.37. The van der Waals surface area contributed by atoms with Crippen LogP contribution in [0.5, 0.6) is 0 Å². The van der Waals surface area contributed by atoms with Gasteiger partial charge in [-0.05, 0) is 24.7 Å². The van der Waals surface area contributed by atoms with Gasteiger partial charge in [0.2, 0.25) is 10.0 Å². The molecular weight excluding hydrogens is 352 g/mol. The first-order valence-electron chi connectivity index (χ1n) is 5.64. The monoisotopic (exact) mass is 364 g/mol. The van der Waals surface area contributed by atoms with E-state index >= 15 is 0 Å². The second-order valence-corrected chi connectivity index (χ2v) is 7.11. The summed E-state index contributed by atoms with van der Waals surface area (Å²) >= 11 is 11.7. The lowest BCUT2D eigenvalue weighted by Crippen LogP contribution is -2.36. The van der Waals surface area contributed by atoms with Crippen molar-refractivity contribution >= 4 is 33.2 Å². The van der Waals surface area contributed by atoms with Gasteiger partial charge < -0.3 is 5.32 Å². The summed E-state index contributed by atoms with van der Waals surface area (Å²) in [6.45, 7) is -1.35. The average molecular weight is 365 g/mol. The van der Waals surface area contributed by atoms with Crippen molar-refractivity contribution in [2.75, 3.05) is 20.6 Å². The molecule has 0 radical (unpaired) electrons. The van der Waals surface area contributed by atoms with Gasteiger partial charge in [0.05, 0.1) is 5.02 Å². The molecule has 0 fully saturated rings. The smallest absolute Gasteiger partial charge is 0.316 e. The van der Waals surface area contributed by atoms with Crippen LogP contribution in [0.4, 0.5) is 13.2 Å².